The lowest BCUT2D eigenvalue weighted by molar-refractivity contribution is 0.401. The average Bonchev–Trinajstić information content (AvgIpc) is 2.26. The highest BCUT2D eigenvalue weighted by Crippen LogP contribution is 2.14. The van der Waals surface area contributed by atoms with Gasteiger partial charge in [-0.15, -0.1) is 0 Å². The normalized spacial score (nSPS) is 13.0. The van der Waals surface area contributed by atoms with Gasteiger partial charge in [-0.3, -0.25) is 0 Å². The Balaban J connectivity index is 2.57. The van der Waals surface area contributed by atoms with Gasteiger partial charge in [-0.1, -0.05) is 26.0 Å². The Morgan fingerprint density at radius 3 is 2.38 bits per heavy atom. The van der Waals surface area contributed by atoms with Gasteiger partial charge in [0.2, 0.25) is 0 Å². The average molecular weight is 222 g/mol. The summed E-state index contributed by atoms with van der Waals surface area (Å²) in [5.74, 6) is 0.889. The number of rotatable bonds is 6. The van der Waals surface area contributed by atoms with E-state index in [2.05, 4.69) is 19.2 Å². The molecule has 90 valence electrons. The molecule has 0 radical (unpaired) electrons. The fourth-order valence-corrected chi connectivity index (χ4v) is 1.70. The number of benzene rings is 1. The van der Waals surface area contributed by atoms with Crippen molar-refractivity contribution in [2.45, 2.75) is 26.3 Å². The van der Waals surface area contributed by atoms with Gasteiger partial charge in [-0.25, -0.2) is 0 Å². The van der Waals surface area contributed by atoms with Crippen LogP contribution in [0, 0.1) is 5.92 Å². The van der Waals surface area contributed by atoms with Crippen LogP contribution in [-0.2, 0) is 6.42 Å². The molecule has 0 heterocycles. The molecule has 1 rings (SSSR count). The van der Waals surface area contributed by atoms with Crippen LogP contribution < -0.4 is 11.1 Å². The van der Waals surface area contributed by atoms with E-state index in [0.717, 1.165) is 13.0 Å². The maximum absolute atomic E-state index is 9.21. The van der Waals surface area contributed by atoms with Gasteiger partial charge in [-0.2, -0.15) is 0 Å². The molecule has 0 aliphatic rings. The fraction of sp³-hybridized carbons (Fsp3) is 0.538. The highest BCUT2D eigenvalue weighted by molar-refractivity contribution is 5.26. The van der Waals surface area contributed by atoms with E-state index in [-0.39, 0.29) is 0 Å². The Hall–Kier alpha value is -1.06. The summed E-state index contributed by atoms with van der Waals surface area (Å²) < 4.78 is 0. The molecule has 0 aliphatic heterocycles. The summed E-state index contributed by atoms with van der Waals surface area (Å²) in [4.78, 5) is 0. The maximum atomic E-state index is 9.21. The third-order valence-electron chi connectivity index (χ3n) is 2.75. The summed E-state index contributed by atoms with van der Waals surface area (Å²) in [6, 6.07) is 7.84. The summed E-state index contributed by atoms with van der Waals surface area (Å²) in [7, 11) is 0. The van der Waals surface area contributed by atoms with E-state index < -0.39 is 0 Å². The van der Waals surface area contributed by atoms with Gasteiger partial charge >= 0.3 is 0 Å². The first-order valence-corrected chi connectivity index (χ1v) is 5.85. The van der Waals surface area contributed by atoms with Crippen molar-refractivity contribution >= 4 is 0 Å². The third-order valence-corrected chi connectivity index (χ3v) is 2.75. The van der Waals surface area contributed by atoms with Crippen LogP contribution in [-0.4, -0.2) is 24.2 Å². The number of hydrogen-bond acceptors (Lipinski definition) is 3. The van der Waals surface area contributed by atoms with E-state index in [9.17, 15) is 5.11 Å². The van der Waals surface area contributed by atoms with Crippen LogP contribution in [0.2, 0.25) is 0 Å². The predicted octanol–water partition coefficient (Wildman–Crippen LogP) is 1.51. The van der Waals surface area contributed by atoms with Crippen LogP contribution in [0.5, 0.6) is 5.75 Å². The predicted molar refractivity (Wildman–Crippen MR) is 67.5 cm³/mol. The van der Waals surface area contributed by atoms with E-state index in [1.807, 2.05) is 12.1 Å². The number of nitrogens with two attached hydrogens (primary N) is 1. The van der Waals surface area contributed by atoms with Crippen molar-refractivity contribution in [2.75, 3.05) is 13.1 Å². The first kappa shape index (κ1) is 13.0. The fourth-order valence-electron chi connectivity index (χ4n) is 1.70. The lowest BCUT2D eigenvalue weighted by Gasteiger charge is -2.22. The molecule has 1 aromatic rings. The second-order valence-electron chi connectivity index (χ2n) is 4.46. The minimum Gasteiger partial charge on any atom is -0.508 e. The molecule has 16 heavy (non-hydrogen) atoms. The topological polar surface area (TPSA) is 58.3 Å². The Labute approximate surface area is 97.7 Å². The molecule has 3 nitrogen and oxygen atoms in total. The van der Waals surface area contributed by atoms with Crippen LogP contribution >= 0.6 is 0 Å². The summed E-state index contributed by atoms with van der Waals surface area (Å²) >= 11 is 0. The smallest absolute Gasteiger partial charge is 0.115 e. The van der Waals surface area contributed by atoms with Crippen LogP contribution in [0.15, 0.2) is 24.3 Å². The van der Waals surface area contributed by atoms with Crippen molar-refractivity contribution in [3.05, 3.63) is 29.8 Å². The van der Waals surface area contributed by atoms with Gasteiger partial charge in [0.05, 0.1) is 0 Å². The molecule has 0 bridgehead atoms. The quantitative estimate of drug-likeness (QED) is 0.684. The highest BCUT2D eigenvalue weighted by Gasteiger charge is 2.12. The zero-order valence-electron chi connectivity index (χ0n) is 10.1. The largest absolute Gasteiger partial charge is 0.508 e. The second kappa shape index (κ2) is 6.51. The summed E-state index contributed by atoms with van der Waals surface area (Å²) in [6.45, 7) is 5.92. The Kier molecular flexibility index (Phi) is 5.29. The molecule has 1 aromatic carbocycles. The lowest BCUT2D eigenvalue weighted by Crippen LogP contribution is -2.38. The lowest BCUT2D eigenvalue weighted by atomic mass is 9.96. The number of phenolic OH excluding ortho intramolecular Hbond substituents is 1. The monoisotopic (exact) mass is 222 g/mol. The SMILES string of the molecule is CC(C)C(Cc1ccc(O)cc1)NCCN. The van der Waals surface area contributed by atoms with Crippen LogP contribution in [0.4, 0.5) is 0 Å². The molecular formula is C13H22N2O. The molecule has 0 amide bonds. The number of nitrogens with one attached hydrogen (secondary N) is 1. The highest BCUT2D eigenvalue weighted by atomic mass is 16.3. The van der Waals surface area contributed by atoms with E-state index in [1.165, 1.54) is 5.56 Å². The van der Waals surface area contributed by atoms with Gasteiger partial charge < -0.3 is 16.2 Å². The Morgan fingerprint density at radius 1 is 1.25 bits per heavy atom. The number of hydrogen-bond donors (Lipinski definition) is 3. The molecule has 1 atom stereocenters. The third kappa shape index (κ3) is 4.21. The molecule has 0 spiro atoms. The summed E-state index contributed by atoms with van der Waals surface area (Å²) in [5.41, 5.74) is 6.73. The first-order chi connectivity index (χ1) is 7.63. The van der Waals surface area contributed by atoms with E-state index >= 15 is 0 Å². The van der Waals surface area contributed by atoms with Crippen LogP contribution in [0.3, 0.4) is 0 Å². The van der Waals surface area contributed by atoms with E-state index in [4.69, 9.17) is 5.73 Å². The Bertz CT molecular complexity index is 295. The van der Waals surface area contributed by atoms with Gasteiger partial charge in [-0.05, 0) is 30.0 Å². The van der Waals surface area contributed by atoms with Crippen molar-refractivity contribution in [2.24, 2.45) is 11.7 Å². The zero-order valence-corrected chi connectivity index (χ0v) is 10.1. The van der Waals surface area contributed by atoms with Crippen molar-refractivity contribution in [1.29, 1.82) is 0 Å². The minimum absolute atomic E-state index is 0.319. The van der Waals surface area contributed by atoms with Gasteiger partial charge in [0.25, 0.3) is 0 Å². The molecule has 1 unspecified atom stereocenters. The van der Waals surface area contributed by atoms with E-state index in [0.29, 0.717) is 24.3 Å². The maximum Gasteiger partial charge on any atom is 0.115 e. The van der Waals surface area contributed by atoms with Crippen LogP contribution in [0.1, 0.15) is 19.4 Å². The van der Waals surface area contributed by atoms with Crippen molar-refractivity contribution in [3.63, 3.8) is 0 Å². The molecule has 3 heteroatoms. The first-order valence-electron chi connectivity index (χ1n) is 5.85. The van der Waals surface area contributed by atoms with Gasteiger partial charge in [0.15, 0.2) is 0 Å². The van der Waals surface area contributed by atoms with Gasteiger partial charge in [0, 0.05) is 19.1 Å². The van der Waals surface area contributed by atoms with Crippen molar-refractivity contribution in [1.82, 2.24) is 5.32 Å². The molecule has 0 aromatic heterocycles. The minimum atomic E-state index is 0.319. The van der Waals surface area contributed by atoms with Crippen molar-refractivity contribution < 1.29 is 5.11 Å². The van der Waals surface area contributed by atoms with Gasteiger partial charge in [0.1, 0.15) is 5.75 Å². The standard InChI is InChI=1S/C13H22N2O/c1-10(2)13(15-8-7-14)9-11-3-5-12(16)6-4-11/h3-6,10,13,15-16H,7-9,14H2,1-2H3. The van der Waals surface area contributed by atoms with Crippen molar-refractivity contribution in [3.8, 4) is 5.75 Å². The number of aromatic hydroxyl groups is 1. The molecule has 0 aliphatic carbocycles. The zero-order chi connectivity index (χ0) is 12.0. The molecule has 0 saturated heterocycles. The molecule has 0 saturated carbocycles. The summed E-state index contributed by atoms with van der Waals surface area (Å²) in [6.07, 6.45) is 0.970. The number of phenols is 1. The summed E-state index contributed by atoms with van der Waals surface area (Å²) in [5, 5.41) is 12.7. The molecule has 4 N–H and O–H groups in total. The second-order valence-corrected chi connectivity index (χ2v) is 4.46. The molecular weight excluding hydrogens is 200 g/mol. The Morgan fingerprint density at radius 2 is 1.88 bits per heavy atom. The van der Waals surface area contributed by atoms with Crippen LogP contribution in [0.25, 0.3) is 0 Å². The molecule has 0 fully saturated rings. The van der Waals surface area contributed by atoms with E-state index in [1.54, 1.807) is 12.1 Å².